The van der Waals surface area contributed by atoms with Gasteiger partial charge in [-0.3, -0.25) is 4.79 Å². The molecule has 3 unspecified atom stereocenters. The number of aryl methyl sites for hydroxylation is 1. The van der Waals surface area contributed by atoms with Gasteiger partial charge >= 0.3 is 12.1 Å². The van der Waals surface area contributed by atoms with Crippen molar-refractivity contribution in [2.24, 2.45) is 5.92 Å². The second-order valence-electron chi connectivity index (χ2n) is 9.44. The van der Waals surface area contributed by atoms with E-state index < -0.39 is 17.1 Å². The van der Waals surface area contributed by atoms with Gasteiger partial charge in [0.25, 0.3) is 0 Å². The number of methoxy groups -OCH3 is 1. The molecule has 1 amide bonds. The molecule has 0 radical (unpaired) electrons. The lowest BCUT2D eigenvalue weighted by molar-refractivity contribution is -0.147. The average molecular weight is 422 g/mol. The van der Waals surface area contributed by atoms with Gasteiger partial charge in [0.1, 0.15) is 5.60 Å². The Hall–Kier alpha value is -2.08. The Morgan fingerprint density at radius 2 is 1.80 bits per heavy atom. The molecule has 0 bridgehead atoms. The van der Waals surface area contributed by atoms with Gasteiger partial charge in [0, 0.05) is 0 Å². The van der Waals surface area contributed by atoms with Crippen molar-refractivity contribution in [3.8, 4) is 0 Å². The van der Waals surface area contributed by atoms with Gasteiger partial charge in [-0.25, -0.2) is 4.79 Å². The fourth-order valence-electron chi connectivity index (χ4n) is 3.43. The molecule has 0 saturated heterocycles. The normalized spacial score (nSPS) is 15.6. The Kier molecular flexibility index (Phi) is 9.82. The SMILES string of the molecule is COC(=O)C(C)(CCC(C)CCC(CO)NC(=O)OC(C)(C)C)c1cccc(C)c1. The number of aliphatic hydroxyl groups is 1. The summed E-state index contributed by atoms with van der Waals surface area (Å²) in [6.07, 6.45) is 2.41. The summed E-state index contributed by atoms with van der Waals surface area (Å²) in [4.78, 5) is 24.5. The van der Waals surface area contributed by atoms with E-state index in [0.29, 0.717) is 18.8 Å². The molecular formula is C24H39NO5. The quantitative estimate of drug-likeness (QED) is 0.543. The maximum atomic E-state index is 12.6. The standard InChI is InChI=1S/C24H39NO5/c1-17(11-12-20(16-26)25-22(28)30-23(3,4)5)13-14-24(6,21(27)29-7)19-10-8-9-18(2)15-19/h8-10,15,17,20,26H,11-14,16H2,1-7H3,(H,25,28). The molecule has 0 spiro atoms. The van der Waals surface area contributed by atoms with Crippen molar-refractivity contribution >= 4 is 12.1 Å². The number of alkyl carbamates (subject to hydrolysis) is 1. The summed E-state index contributed by atoms with van der Waals surface area (Å²) in [6.45, 7) is 11.3. The molecule has 0 heterocycles. The number of nitrogens with one attached hydrogen (secondary N) is 1. The molecule has 0 aliphatic carbocycles. The van der Waals surface area contributed by atoms with Crippen LogP contribution < -0.4 is 5.32 Å². The predicted molar refractivity (Wildman–Crippen MR) is 118 cm³/mol. The van der Waals surface area contributed by atoms with Crippen LogP contribution in [-0.2, 0) is 19.7 Å². The molecule has 1 aromatic rings. The second-order valence-corrected chi connectivity index (χ2v) is 9.44. The first kappa shape index (κ1) is 26.0. The van der Waals surface area contributed by atoms with Crippen LogP contribution in [0, 0.1) is 12.8 Å². The smallest absolute Gasteiger partial charge is 0.407 e. The number of ether oxygens (including phenoxy) is 2. The summed E-state index contributed by atoms with van der Waals surface area (Å²) in [5, 5.41) is 12.3. The van der Waals surface area contributed by atoms with Crippen LogP contribution in [0.15, 0.2) is 24.3 Å². The van der Waals surface area contributed by atoms with Crippen molar-refractivity contribution < 1.29 is 24.2 Å². The Labute approximate surface area is 181 Å². The third-order valence-corrected chi connectivity index (χ3v) is 5.38. The lowest BCUT2D eigenvalue weighted by atomic mass is 9.76. The number of aliphatic hydroxyl groups excluding tert-OH is 1. The van der Waals surface area contributed by atoms with Crippen molar-refractivity contribution in [1.82, 2.24) is 5.32 Å². The molecule has 1 rings (SSSR count). The highest BCUT2D eigenvalue weighted by Crippen LogP contribution is 2.33. The van der Waals surface area contributed by atoms with Gasteiger partial charge < -0.3 is 19.9 Å². The van der Waals surface area contributed by atoms with E-state index in [1.54, 1.807) is 20.8 Å². The predicted octanol–water partition coefficient (Wildman–Crippen LogP) is 4.51. The van der Waals surface area contributed by atoms with Crippen LogP contribution >= 0.6 is 0 Å². The summed E-state index contributed by atoms with van der Waals surface area (Å²) in [5.74, 6) is 0.0772. The van der Waals surface area contributed by atoms with Gasteiger partial charge in [-0.1, -0.05) is 36.8 Å². The fourth-order valence-corrected chi connectivity index (χ4v) is 3.43. The maximum absolute atomic E-state index is 12.6. The van der Waals surface area contributed by atoms with Crippen LogP contribution in [0.25, 0.3) is 0 Å². The van der Waals surface area contributed by atoms with Gasteiger partial charge in [-0.05, 0) is 71.8 Å². The van der Waals surface area contributed by atoms with E-state index in [1.165, 1.54) is 7.11 Å². The zero-order valence-electron chi connectivity index (χ0n) is 19.6. The topological polar surface area (TPSA) is 84.9 Å². The molecular weight excluding hydrogens is 382 g/mol. The van der Waals surface area contributed by atoms with Crippen LogP contribution in [0.5, 0.6) is 0 Å². The van der Waals surface area contributed by atoms with Crippen LogP contribution in [0.4, 0.5) is 4.79 Å². The van der Waals surface area contributed by atoms with E-state index in [2.05, 4.69) is 12.2 Å². The minimum Gasteiger partial charge on any atom is -0.468 e. The second kappa shape index (κ2) is 11.3. The van der Waals surface area contributed by atoms with Gasteiger partial charge in [0.2, 0.25) is 0 Å². The van der Waals surface area contributed by atoms with Gasteiger partial charge in [0.05, 0.1) is 25.2 Å². The highest BCUT2D eigenvalue weighted by Gasteiger charge is 2.36. The van der Waals surface area contributed by atoms with Crippen molar-refractivity contribution in [3.63, 3.8) is 0 Å². The molecule has 3 atom stereocenters. The number of hydrogen-bond acceptors (Lipinski definition) is 5. The third kappa shape index (κ3) is 8.34. The minimum atomic E-state index is -0.708. The maximum Gasteiger partial charge on any atom is 0.407 e. The first-order valence-corrected chi connectivity index (χ1v) is 10.7. The number of amides is 1. The number of esters is 1. The summed E-state index contributed by atoms with van der Waals surface area (Å²) in [5.41, 5.74) is 0.780. The Balaban J connectivity index is 2.66. The molecule has 0 aliphatic rings. The number of benzene rings is 1. The van der Waals surface area contributed by atoms with Crippen LogP contribution in [-0.4, -0.2) is 42.5 Å². The average Bonchev–Trinajstić information content (AvgIpc) is 2.67. The largest absolute Gasteiger partial charge is 0.468 e. The van der Waals surface area contributed by atoms with E-state index in [9.17, 15) is 14.7 Å². The zero-order chi connectivity index (χ0) is 22.9. The Bertz CT molecular complexity index is 697. The number of carbonyl (C=O) groups is 2. The molecule has 2 N–H and O–H groups in total. The monoisotopic (exact) mass is 421 g/mol. The highest BCUT2D eigenvalue weighted by atomic mass is 16.6. The van der Waals surface area contributed by atoms with E-state index in [-0.39, 0.29) is 18.6 Å². The molecule has 0 saturated carbocycles. The summed E-state index contributed by atoms with van der Waals surface area (Å²) in [6, 6.07) is 7.63. The van der Waals surface area contributed by atoms with E-state index in [4.69, 9.17) is 9.47 Å². The fraction of sp³-hybridized carbons (Fsp3) is 0.667. The Morgan fingerprint density at radius 1 is 1.13 bits per heavy atom. The van der Waals surface area contributed by atoms with E-state index >= 15 is 0 Å². The van der Waals surface area contributed by atoms with E-state index in [1.807, 2.05) is 38.1 Å². The van der Waals surface area contributed by atoms with Crippen molar-refractivity contribution in [3.05, 3.63) is 35.4 Å². The lowest BCUT2D eigenvalue weighted by Gasteiger charge is -2.29. The molecule has 170 valence electrons. The number of rotatable bonds is 10. The van der Waals surface area contributed by atoms with Gasteiger partial charge in [0.15, 0.2) is 0 Å². The lowest BCUT2D eigenvalue weighted by Crippen LogP contribution is -2.41. The van der Waals surface area contributed by atoms with Crippen LogP contribution in [0.1, 0.15) is 71.4 Å². The van der Waals surface area contributed by atoms with Gasteiger partial charge in [-0.2, -0.15) is 0 Å². The first-order valence-electron chi connectivity index (χ1n) is 10.7. The van der Waals surface area contributed by atoms with Crippen LogP contribution in [0.3, 0.4) is 0 Å². The highest BCUT2D eigenvalue weighted by molar-refractivity contribution is 5.82. The van der Waals surface area contributed by atoms with Crippen molar-refractivity contribution in [1.29, 1.82) is 0 Å². The van der Waals surface area contributed by atoms with Gasteiger partial charge in [-0.15, -0.1) is 0 Å². The molecule has 0 aromatic heterocycles. The molecule has 1 aromatic carbocycles. The number of hydrogen-bond donors (Lipinski definition) is 2. The van der Waals surface area contributed by atoms with Crippen LogP contribution in [0.2, 0.25) is 0 Å². The molecule has 6 heteroatoms. The molecule has 30 heavy (non-hydrogen) atoms. The minimum absolute atomic E-state index is 0.144. The zero-order valence-corrected chi connectivity index (χ0v) is 19.6. The van der Waals surface area contributed by atoms with E-state index in [0.717, 1.165) is 24.0 Å². The number of carbonyl (C=O) groups excluding carboxylic acids is 2. The third-order valence-electron chi connectivity index (χ3n) is 5.38. The first-order chi connectivity index (χ1) is 13.9. The molecule has 0 fully saturated rings. The summed E-state index contributed by atoms with van der Waals surface area (Å²) in [7, 11) is 1.42. The summed E-state index contributed by atoms with van der Waals surface area (Å²) < 4.78 is 10.4. The summed E-state index contributed by atoms with van der Waals surface area (Å²) >= 11 is 0. The van der Waals surface area contributed by atoms with Crippen molar-refractivity contribution in [2.75, 3.05) is 13.7 Å². The Morgan fingerprint density at radius 3 is 2.33 bits per heavy atom. The van der Waals surface area contributed by atoms with Crippen molar-refractivity contribution in [2.45, 2.75) is 84.3 Å². The molecule has 6 nitrogen and oxygen atoms in total. The molecule has 0 aliphatic heterocycles.